The van der Waals surface area contributed by atoms with Gasteiger partial charge in [0.25, 0.3) is 0 Å². The minimum atomic E-state index is 1.09. The topological polar surface area (TPSA) is 9.23 Å². The minimum absolute atomic E-state index is 1.09. The third-order valence-electron chi connectivity index (χ3n) is 1.85. The van der Waals surface area contributed by atoms with Crippen molar-refractivity contribution in [3.63, 3.8) is 0 Å². The van der Waals surface area contributed by atoms with Crippen LogP contribution in [0.1, 0.15) is 44.9 Å². The fourth-order valence-corrected chi connectivity index (χ4v) is 1.13. The van der Waals surface area contributed by atoms with Gasteiger partial charge in [-0.3, -0.25) is 0 Å². The molecule has 0 amide bonds. The second-order valence-electron chi connectivity index (χ2n) is 3.02. The van der Waals surface area contributed by atoms with Crippen LogP contribution in [0.2, 0.25) is 0 Å². The largest absolute Gasteiger partial charge is 0.505 e. The Morgan fingerprint density at radius 1 is 1.08 bits per heavy atom. The first kappa shape index (κ1) is 11.5. The lowest BCUT2D eigenvalue weighted by Gasteiger charge is -1.97. The first-order valence-corrected chi connectivity index (χ1v) is 4.89. The number of methoxy groups -OCH3 is 1. The van der Waals surface area contributed by atoms with Gasteiger partial charge >= 0.3 is 0 Å². The summed E-state index contributed by atoms with van der Waals surface area (Å²) < 4.78 is 4.80. The molecule has 71 valence electrons. The van der Waals surface area contributed by atoms with E-state index in [9.17, 15) is 0 Å². The second-order valence-corrected chi connectivity index (χ2v) is 3.02. The van der Waals surface area contributed by atoms with Crippen LogP contribution in [0.4, 0.5) is 0 Å². The lowest BCUT2D eigenvalue weighted by atomic mass is 10.1. The van der Waals surface area contributed by atoms with E-state index in [0.29, 0.717) is 0 Å². The maximum absolute atomic E-state index is 4.80. The molecule has 0 saturated carbocycles. The van der Waals surface area contributed by atoms with Crippen LogP contribution in [0.5, 0.6) is 0 Å². The highest BCUT2D eigenvalue weighted by atomic mass is 16.5. The predicted octanol–water partition coefficient (Wildman–Crippen LogP) is 3.71. The summed E-state index contributed by atoms with van der Waals surface area (Å²) in [6.07, 6.45) is 12.7. The average molecular weight is 169 g/mol. The van der Waals surface area contributed by atoms with Crippen molar-refractivity contribution in [1.82, 2.24) is 0 Å². The highest BCUT2D eigenvalue weighted by molar-refractivity contribution is 4.72. The fraction of sp³-hybridized carbons (Fsp3) is 0.727. The van der Waals surface area contributed by atoms with Gasteiger partial charge in [-0.2, -0.15) is 0 Å². The smallest absolute Gasteiger partial charge is 0.0784 e. The van der Waals surface area contributed by atoms with Crippen LogP contribution in [0.3, 0.4) is 0 Å². The molecule has 1 nitrogen and oxygen atoms in total. The fourth-order valence-electron chi connectivity index (χ4n) is 1.13. The Kier molecular flexibility index (Phi) is 10.1. The summed E-state index contributed by atoms with van der Waals surface area (Å²) in [6, 6.07) is 0. The van der Waals surface area contributed by atoms with Gasteiger partial charge in [-0.1, -0.05) is 39.0 Å². The van der Waals surface area contributed by atoms with Gasteiger partial charge in [0.05, 0.1) is 13.4 Å². The van der Waals surface area contributed by atoms with Crippen molar-refractivity contribution in [2.75, 3.05) is 7.11 Å². The summed E-state index contributed by atoms with van der Waals surface area (Å²) in [5.74, 6) is 0. The Morgan fingerprint density at radius 2 is 1.75 bits per heavy atom. The molecule has 0 unspecified atom stereocenters. The molecule has 0 spiro atoms. The SMILES string of the molecule is [CH2]CCCCCCC/C=C/OC. The molecular formula is C11H21O. The van der Waals surface area contributed by atoms with Gasteiger partial charge in [0.2, 0.25) is 0 Å². The number of allylic oxidation sites excluding steroid dienone is 1. The summed E-state index contributed by atoms with van der Waals surface area (Å²) in [6.45, 7) is 3.82. The van der Waals surface area contributed by atoms with Crippen LogP contribution >= 0.6 is 0 Å². The van der Waals surface area contributed by atoms with Crippen LogP contribution in [-0.4, -0.2) is 7.11 Å². The van der Waals surface area contributed by atoms with E-state index in [4.69, 9.17) is 4.74 Å². The van der Waals surface area contributed by atoms with Crippen LogP contribution in [0.25, 0.3) is 0 Å². The van der Waals surface area contributed by atoms with Crippen molar-refractivity contribution >= 4 is 0 Å². The van der Waals surface area contributed by atoms with Gasteiger partial charge < -0.3 is 4.74 Å². The molecule has 0 fully saturated rings. The number of ether oxygens (including phenoxy) is 1. The Balaban J connectivity index is 2.86. The first-order valence-electron chi connectivity index (χ1n) is 4.89. The molecule has 1 heteroatoms. The van der Waals surface area contributed by atoms with Crippen molar-refractivity contribution in [3.05, 3.63) is 19.3 Å². The van der Waals surface area contributed by atoms with E-state index in [-0.39, 0.29) is 0 Å². The Morgan fingerprint density at radius 3 is 2.42 bits per heavy atom. The maximum Gasteiger partial charge on any atom is 0.0784 e. The number of rotatable bonds is 8. The van der Waals surface area contributed by atoms with Crippen LogP contribution < -0.4 is 0 Å². The molecule has 12 heavy (non-hydrogen) atoms. The molecule has 0 rings (SSSR count). The van der Waals surface area contributed by atoms with Crippen LogP contribution in [0, 0.1) is 6.92 Å². The zero-order valence-corrected chi connectivity index (χ0v) is 8.22. The highest BCUT2D eigenvalue weighted by Crippen LogP contribution is 2.06. The molecule has 0 saturated heterocycles. The van der Waals surface area contributed by atoms with E-state index < -0.39 is 0 Å². The van der Waals surface area contributed by atoms with E-state index in [2.05, 4.69) is 13.0 Å². The molecule has 0 heterocycles. The zero-order chi connectivity index (χ0) is 9.07. The van der Waals surface area contributed by atoms with Gasteiger partial charge in [-0.25, -0.2) is 0 Å². The number of unbranched alkanes of at least 4 members (excludes halogenated alkanes) is 6. The van der Waals surface area contributed by atoms with Crippen molar-refractivity contribution < 1.29 is 4.74 Å². The lowest BCUT2D eigenvalue weighted by Crippen LogP contribution is -1.77. The van der Waals surface area contributed by atoms with Crippen LogP contribution in [-0.2, 0) is 4.74 Å². The van der Waals surface area contributed by atoms with E-state index in [1.165, 1.54) is 32.1 Å². The molecule has 0 aliphatic rings. The van der Waals surface area contributed by atoms with E-state index >= 15 is 0 Å². The van der Waals surface area contributed by atoms with Crippen LogP contribution in [0.15, 0.2) is 12.3 Å². The number of hydrogen-bond donors (Lipinski definition) is 0. The van der Waals surface area contributed by atoms with Gasteiger partial charge in [0.15, 0.2) is 0 Å². The van der Waals surface area contributed by atoms with Crippen molar-refractivity contribution in [2.45, 2.75) is 44.9 Å². The van der Waals surface area contributed by atoms with Gasteiger partial charge in [-0.15, -0.1) is 0 Å². The highest BCUT2D eigenvalue weighted by Gasteiger charge is 1.87. The molecule has 0 aromatic heterocycles. The summed E-state index contributed by atoms with van der Waals surface area (Å²) in [5.41, 5.74) is 0. The monoisotopic (exact) mass is 169 g/mol. The quantitative estimate of drug-likeness (QED) is 0.397. The predicted molar refractivity (Wildman–Crippen MR) is 53.8 cm³/mol. The van der Waals surface area contributed by atoms with E-state index in [1.54, 1.807) is 13.4 Å². The molecule has 0 atom stereocenters. The summed E-state index contributed by atoms with van der Waals surface area (Å²) in [5, 5.41) is 0. The maximum atomic E-state index is 4.80. The van der Waals surface area contributed by atoms with Gasteiger partial charge in [0.1, 0.15) is 0 Å². The Bertz CT molecular complexity index is 97.2. The van der Waals surface area contributed by atoms with E-state index in [0.717, 1.165) is 12.8 Å². The average Bonchev–Trinajstić information content (AvgIpc) is 2.10. The molecule has 0 N–H and O–H groups in total. The van der Waals surface area contributed by atoms with Crippen molar-refractivity contribution in [2.24, 2.45) is 0 Å². The minimum Gasteiger partial charge on any atom is -0.505 e. The van der Waals surface area contributed by atoms with E-state index in [1.807, 2.05) is 0 Å². The molecule has 0 bridgehead atoms. The molecular weight excluding hydrogens is 148 g/mol. The first-order chi connectivity index (χ1) is 5.91. The molecule has 0 aromatic rings. The van der Waals surface area contributed by atoms with Crippen molar-refractivity contribution in [1.29, 1.82) is 0 Å². The third-order valence-corrected chi connectivity index (χ3v) is 1.85. The summed E-state index contributed by atoms with van der Waals surface area (Å²) in [7, 11) is 1.69. The normalized spacial score (nSPS) is 10.8. The molecule has 0 aliphatic carbocycles. The van der Waals surface area contributed by atoms with Crippen molar-refractivity contribution in [3.8, 4) is 0 Å². The second kappa shape index (κ2) is 10.5. The number of hydrogen-bond acceptors (Lipinski definition) is 1. The Hall–Kier alpha value is -0.460. The zero-order valence-electron chi connectivity index (χ0n) is 8.22. The molecule has 0 aliphatic heterocycles. The molecule has 1 radical (unpaired) electrons. The van der Waals surface area contributed by atoms with Gasteiger partial charge in [-0.05, 0) is 18.9 Å². The molecule has 0 aromatic carbocycles. The lowest BCUT2D eigenvalue weighted by molar-refractivity contribution is 0.336. The summed E-state index contributed by atoms with van der Waals surface area (Å²) >= 11 is 0. The van der Waals surface area contributed by atoms with Gasteiger partial charge in [0, 0.05) is 0 Å². The Labute approximate surface area is 76.8 Å². The summed E-state index contributed by atoms with van der Waals surface area (Å²) in [4.78, 5) is 0. The standard InChI is InChI=1S/C11H21O/c1-3-4-5-6-7-8-9-10-11-12-2/h10-11H,1,3-9H2,2H3/b11-10+. The third kappa shape index (κ3) is 9.54.